The molecule has 1 heterocycles. The Balaban J connectivity index is 2.80. The fourth-order valence-electron chi connectivity index (χ4n) is 1.42. The van der Waals surface area contributed by atoms with E-state index in [1.165, 1.54) is 0 Å². The summed E-state index contributed by atoms with van der Waals surface area (Å²) in [6.07, 6.45) is 3.32. The Morgan fingerprint density at radius 2 is 2.17 bits per heavy atom. The Morgan fingerprint density at radius 3 is 2.58 bits per heavy atom. The molecule has 1 atom stereocenters. The molecule has 0 fully saturated rings. The zero-order chi connectivity index (χ0) is 9.03. The summed E-state index contributed by atoms with van der Waals surface area (Å²) in [5.41, 5.74) is 0.0990. The molecule has 1 aromatic heterocycles. The van der Waals surface area contributed by atoms with Crippen molar-refractivity contribution in [1.29, 1.82) is 0 Å². The summed E-state index contributed by atoms with van der Waals surface area (Å²) >= 11 is 0. The molecule has 68 valence electrons. The third kappa shape index (κ3) is 1.62. The van der Waals surface area contributed by atoms with E-state index in [-0.39, 0.29) is 5.41 Å². The van der Waals surface area contributed by atoms with Crippen molar-refractivity contribution in [3.63, 3.8) is 0 Å². The van der Waals surface area contributed by atoms with E-state index in [0.29, 0.717) is 0 Å². The van der Waals surface area contributed by atoms with Gasteiger partial charge in [0.15, 0.2) is 5.82 Å². The molecular formula is C8H16N4. The molecule has 12 heavy (non-hydrogen) atoms. The van der Waals surface area contributed by atoms with Crippen molar-refractivity contribution in [3.8, 4) is 0 Å². The van der Waals surface area contributed by atoms with E-state index in [0.717, 1.165) is 25.1 Å². The number of nitrogens with zero attached hydrogens (tertiary/aromatic N) is 3. The fourth-order valence-corrected chi connectivity index (χ4v) is 1.42. The van der Waals surface area contributed by atoms with E-state index in [1.807, 2.05) is 0 Å². The summed E-state index contributed by atoms with van der Waals surface area (Å²) in [6, 6.07) is 0. The number of nitrogens with one attached hydrogen (secondary N) is 1. The van der Waals surface area contributed by atoms with Crippen LogP contribution in [-0.2, 0) is 5.41 Å². The number of tetrazole rings is 1. The van der Waals surface area contributed by atoms with Crippen LogP contribution in [0.2, 0.25) is 0 Å². The maximum atomic E-state index is 4.03. The molecule has 0 aromatic carbocycles. The summed E-state index contributed by atoms with van der Waals surface area (Å²) < 4.78 is 0. The normalized spacial score (nSPS) is 15.9. The second-order valence-corrected chi connectivity index (χ2v) is 3.40. The van der Waals surface area contributed by atoms with Crippen molar-refractivity contribution < 1.29 is 0 Å². The highest BCUT2D eigenvalue weighted by Gasteiger charge is 2.27. The van der Waals surface area contributed by atoms with Gasteiger partial charge in [-0.05, 0) is 12.8 Å². The van der Waals surface area contributed by atoms with Gasteiger partial charge in [0.25, 0.3) is 0 Å². The van der Waals surface area contributed by atoms with Crippen LogP contribution >= 0.6 is 0 Å². The average molecular weight is 168 g/mol. The second kappa shape index (κ2) is 3.65. The maximum absolute atomic E-state index is 4.03. The molecular weight excluding hydrogens is 152 g/mol. The summed E-state index contributed by atoms with van der Waals surface area (Å²) in [7, 11) is 0. The topological polar surface area (TPSA) is 54.5 Å². The molecule has 0 bridgehead atoms. The smallest absolute Gasteiger partial charge is 0.177 e. The lowest BCUT2D eigenvalue weighted by Crippen LogP contribution is -2.22. The van der Waals surface area contributed by atoms with E-state index >= 15 is 0 Å². The highest BCUT2D eigenvalue weighted by Crippen LogP contribution is 2.28. The first kappa shape index (κ1) is 9.16. The monoisotopic (exact) mass is 168 g/mol. The lowest BCUT2D eigenvalue weighted by Gasteiger charge is -2.22. The Labute approximate surface area is 72.8 Å². The van der Waals surface area contributed by atoms with Crippen LogP contribution in [0, 0.1) is 0 Å². The van der Waals surface area contributed by atoms with E-state index in [9.17, 15) is 0 Å². The van der Waals surface area contributed by atoms with Gasteiger partial charge in [-0.3, -0.25) is 0 Å². The molecule has 0 radical (unpaired) electrons. The zero-order valence-electron chi connectivity index (χ0n) is 7.96. The molecule has 0 aliphatic heterocycles. The minimum atomic E-state index is 0.0990. The summed E-state index contributed by atoms with van der Waals surface area (Å²) in [5.74, 6) is 0.840. The quantitative estimate of drug-likeness (QED) is 0.744. The van der Waals surface area contributed by atoms with Gasteiger partial charge in [-0.1, -0.05) is 32.4 Å². The minimum absolute atomic E-state index is 0.0990. The Bertz CT molecular complexity index is 219. The number of aromatic amines is 1. The molecule has 0 aliphatic carbocycles. The number of aromatic nitrogens is 4. The zero-order valence-corrected chi connectivity index (χ0v) is 7.96. The van der Waals surface area contributed by atoms with Crippen molar-refractivity contribution >= 4 is 0 Å². The van der Waals surface area contributed by atoms with Gasteiger partial charge < -0.3 is 0 Å². The SMILES string of the molecule is CCCC(C)(CC)c1nn[nH]n1. The molecule has 0 spiro atoms. The Kier molecular flexibility index (Phi) is 2.78. The minimum Gasteiger partial charge on any atom is -0.177 e. The van der Waals surface area contributed by atoms with Crippen LogP contribution in [0.1, 0.15) is 45.9 Å². The predicted octanol–water partition coefficient (Wildman–Crippen LogP) is 1.67. The van der Waals surface area contributed by atoms with Crippen molar-refractivity contribution in [2.75, 3.05) is 0 Å². The molecule has 1 unspecified atom stereocenters. The molecule has 0 amide bonds. The third-order valence-corrected chi connectivity index (χ3v) is 2.47. The van der Waals surface area contributed by atoms with E-state index in [4.69, 9.17) is 0 Å². The van der Waals surface area contributed by atoms with Gasteiger partial charge in [0, 0.05) is 5.41 Å². The summed E-state index contributed by atoms with van der Waals surface area (Å²) in [6.45, 7) is 6.52. The first-order valence-electron chi connectivity index (χ1n) is 4.47. The lowest BCUT2D eigenvalue weighted by molar-refractivity contribution is 0.390. The molecule has 1 rings (SSSR count). The molecule has 4 nitrogen and oxygen atoms in total. The Morgan fingerprint density at radius 1 is 1.42 bits per heavy atom. The standard InChI is InChI=1S/C8H16N4/c1-4-6-8(3,5-2)7-9-11-12-10-7/h4-6H2,1-3H3,(H,9,10,11,12). The van der Waals surface area contributed by atoms with Crippen LogP contribution in [0.3, 0.4) is 0 Å². The van der Waals surface area contributed by atoms with Gasteiger partial charge in [0.2, 0.25) is 0 Å². The highest BCUT2D eigenvalue weighted by molar-refractivity contribution is 5.01. The number of hydrogen-bond donors (Lipinski definition) is 1. The van der Waals surface area contributed by atoms with Gasteiger partial charge in [0.1, 0.15) is 0 Å². The number of rotatable bonds is 4. The first-order valence-corrected chi connectivity index (χ1v) is 4.47. The molecule has 1 aromatic rings. The van der Waals surface area contributed by atoms with Gasteiger partial charge in [-0.25, -0.2) is 0 Å². The van der Waals surface area contributed by atoms with Crippen LogP contribution < -0.4 is 0 Å². The van der Waals surface area contributed by atoms with Crippen LogP contribution in [-0.4, -0.2) is 20.6 Å². The highest BCUT2D eigenvalue weighted by atomic mass is 15.5. The average Bonchev–Trinajstić information content (AvgIpc) is 2.57. The molecule has 1 N–H and O–H groups in total. The molecule has 0 saturated heterocycles. The van der Waals surface area contributed by atoms with Crippen LogP contribution in [0.15, 0.2) is 0 Å². The summed E-state index contributed by atoms with van der Waals surface area (Å²) in [5, 5.41) is 14.1. The maximum Gasteiger partial charge on any atom is 0.180 e. The summed E-state index contributed by atoms with van der Waals surface area (Å²) in [4.78, 5) is 0. The fraction of sp³-hybridized carbons (Fsp3) is 0.875. The Hall–Kier alpha value is -0.930. The largest absolute Gasteiger partial charge is 0.180 e. The van der Waals surface area contributed by atoms with Crippen molar-refractivity contribution in [2.45, 2.75) is 45.4 Å². The van der Waals surface area contributed by atoms with Crippen LogP contribution in [0.25, 0.3) is 0 Å². The van der Waals surface area contributed by atoms with Crippen LogP contribution in [0.4, 0.5) is 0 Å². The number of hydrogen-bond acceptors (Lipinski definition) is 3. The second-order valence-electron chi connectivity index (χ2n) is 3.40. The van der Waals surface area contributed by atoms with Crippen molar-refractivity contribution in [3.05, 3.63) is 5.82 Å². The van der Waals surface area contributed by atoms with Gasteiger partial charge in [-0.15, -0.1) is 10.2 Å². The molecule has 0 saturated carbocycles. The third-order valence-electron chi connectivity index (χ3n) is 2.47. The van der Waals surface area contributed by atoms with E-state index < -0.39 is 0 Å². The van der Waals surface area contributed by atoms with Crippen LogP contribution in [0.5, 0.6) is 0 Å². The molecule has 4 heteroatoms. The van der Waals surface area contributed by atoms with Gasteiger partial charge in [0.05, 0.1) is 0 Å². The first-order chi connectivity index (χ1) is 5.73. The van der Waals surface area contributed by atoms with Gasteiger partial charge >= 0.3 is 0 Å². The van der Waals surface area contributed by atoms with Crippen molar-refractivity contribution in [1.82, 2.24) is 20.6 Å². The lowest BCUT2D eigenvalue weighted by atomic mass is 9.82. The van der Waals surface area contributed by atoms with E-state index in [1.54, 1.807) is 0 Å². The van der Waals surface area contributed by atoms with Crippen molar-refractivity contribution in [2.24, 2.45) is 0 Å². The van der Waals surface area contributed by atoms with Gasteiger partial charge in [-0.2, -0.15) is 5.21 Å². The predicted molar refractivity (Wildman–Crippen MR) is 46.7 cm³/mol. The molecule has 0 aliphatic rings. The van der Waals surface area contributed by atoms with E-state index in [2.05, 4.69) is 41.4 Å². The number of H-pyrrole nitrogens is 1.